The van der Waals surface area contributed by atoms with Crippen molar-refractivity contribution in [3.8, 4) is 0 Å². The maximum absolute atomic E-state index is 13.1. The number of fused-ring (bicyclic) bond motifs is 2. The zero-order chi connectivity index (χ0) is 24.0. The molecule has 9 nitrogen and oxygen atoms in total. The summed E-state index contributed by atoms with van der Waals surface area (Å²) < 4.78 is 53.5. The highest BCUT2D eigenvalue weighted by atomic mass is 32.2. The summed E-state index contributed by atoms with van der Waals surface area (Å²) in [6.07, 6.45) is 2.53. The van der Waals surface area contributed by atoms with Gasteiger partial charge in [-0.15, -0.1) is 0 Å². The Hall–Kier alpha value is -3.64. The molecule has 12 heteroatoms. The molecule has 2 aromatic heterocycles. The number of rotatable bonds is 6. The quantitative estimate of drug-likeness (QED) is 0.448. The molecule has 0 bridgehead atoms. The number of carbonyl (C=O) groups excluding carboxylic acids is 1. The third kappa shape index (κ3) is 3.64. The van der Waals surface area contributed by atoms with Crippen molar-refractivity contribution in [3.05, 3.63) is 77.7 Å². The average molecular weight is 487 g/mol. The van der Waals surface area contributed by atoms with E-state index in [1.165, 1.54) is 35.5 Å². The van der Waals surface area contributed by atoms with Crippen LogP contribution in [0, 0.1) is 0 Å². The molecule has 5 rings (SSSR count). The average Bonchev–Trinajstić information content (AvgIpc) is 3.53. The van der Waals surface area contributed by atoms with Gasteiger partial charge in [-0.25, -0.2) is 4.68 Å². The Labute approximate surface area is 192 Å². The molecule has 1 amide bonds. The number of hydrogen-bond donors (Lipinski definition) is 1. The molecule has 1 aliphatic heterocycles. The number of aliphatic hydroxyl groups is 1. The number of hydrogen-bond acceptors (Lipinski definition) is 6. The lowest BCUT2D eigenvalue weighted by Crippen LogP contribution is -2.33. The second-order valence-corrected chi connectivity index (χ2v) is 9.70. The van der Waals surface area contributed by atoms with E-state index in [1.807, 2.05) is 6.07 Å². The molecule has 176 valence electrons. The van der Waals surface area contributed by atoms with E-state index in [0.29, 0.717) is 21.5 Å². The van der Waals surface area contributed by atoms with Crippen molar-refractivity contribution >= 4 is 26.8 Å². The number of halogens is 2. The molecule has 1 aliphatic rings. The van der Waals surface area contributed by atoms with E-state index in [-0.39, 0.29) is 41.4 Å². The fourth-order valence-electron chi connectivity index (χ4n) is 4.09. The molecule has 0 saturated heterocycles. The Bertz CT molecular complexity index is 1460. The molecular weight excluding hydrogens is 468 g/mol. The number of aromatic nitrogens is 4. The zero-order valence-electron chi connectivity index (χ0n) is 17.6. The number of alkyl halides is 2. The van der Waals surface area contributed by atoms with Gasteiger partial charge in [0.2, 0.25) is 5.91 Å². The van der Waals surface area contributed by atoms with Crippen molar-refractivity contribution in [2.24, 2.45) is 0 Å². The Morgan fingerprint density at radius 1 is 1.12 bits per heavy atom. The summed E-state index contributed by atoms with van der Waals surface area (Å²) in [6.45, 7) is -2.92. The van der Waals surface area contributed by atoms with E-state index in [2.05, 4.69) is 10.2 Å². The second kappa shape index (κ2) is 8.29. The van der Waals surface area contributed by atoms with Gasteiger partial charge in [0.15, 0.2) is 0 Å². The van der Waals surface area contributed by atoms with Crippen molar-refractivity contribution in [3.63, 3.8) is 0 Å². The first kappa shape index (κ1) is 22.2. The molecule has 4 aromatic rings. The normalized spacial score (nSPS) is 14.6. The lowest BCUT2D eigenvalue weighted by molar-refractivity contribution is -0.134. The van der Waals surface area contributed by atoms with Crippen LogP contribution in [0.5, 0.6) is 0 Å². The van der Waals surface area contributed by atoms with Crippen LogP contribution in [-0.2, 0) is 27.9 Å². The van der Waals surface area contributed by atoms with Gasteiger partial charge in [0.25, 0.3) is 10.0 Å². The molecule has 1 N–H and O–H groups in total. The molecule has 1 atom stereocenters. The van der Waals surface area contributed by atoms with Crippen molar-refractivity contribution in [2.75, 3.05) is 6.61 Å². The minimum Gasteiger partial charge on any atom is -0.395 e. The lowest BCUT2D eigenvalue weighted by Gasteiger charge is -2.22. The lowest BCUT2D eigenvalue weighted by atomic mass is 9.98. The molecule has 1 unspecified atom stereocenters. The van der Waals surface area contributed by atoms with Crippen LogP contribution in [0.4, 0.5) is 8.78 Å². The summed E-state index contributed by atoms with van der Waals surface area (Å²) in [5.41, 5.74) is 1.82. The van der Waals surface area contributed by atoms with Crippen LogP contribution in [0.2, 0.25) is 0 Å². The van der Waals surface area contributed by atoms with Crippen LogP contribution < -0.4 is 0 Å². The van der Waals surface area contributed by atoms with Crippen LogP contribution in [-0.4, -0.2) is 49.9 Å². The first-order chi connectivity index (χ1) is 16.3. The highest BCUT2D eigenvalue weighted by Crippen LogP contribution is 2.29. The summed E-state index contributed by atoms with van der Waals surface area (Å²) in [5, 5.41) is 17.8. The highest BCUT2D eigenvalue weighted by Gasteiger charge is 2.33. The topological polar surface area (TPSA) is 110 Å². The maximum Gasteiger partial charge on any atom is 0.333 e. The van der Waals surface area contributed by atoms with Crippen molar-refractivity contribution < 1.29 is 27.1 Å². The number of amides is 1. The number of nitrogens with zero attached hydrogens (tertiary/aromatic N) is 5. The molecule has 3 heterocycles. The van der Waals surface area contributed by atoms with E-state index in [1.54, 1.807) is 24.3 Å². The predicted octanol–water partition coefficient (Wildman–Crippen LogP) is 2.48. The van der Waals surface area contributed by atoms with Crippen LogP contribution >= 0.6 is 0 Å². The highest BCUT2D eigenvalue weighted by molar-refractivity contribution is 7.89. The zero-order valence-corrected chi connectivity index (χ0v) is 18.4. The van der Waals surface area contributed by atoms with Gasteiger partial charge in [-0.05, 0) is 23.8 Å². The summed E-state index contributed by atoms with van der Waals surface area (Å²) in [4.78, 5) is 14.4. The Balaban J connectivity index is 1.38. The molecule has 0 radical (unpaired) electrons. The second-order valence-electron chi connectivity index (χ2n) is 7.91. The van der Waals surface area contributed by atoms with Gasteiger partial charge in [0, 0.05) is 23.7 Å². The monoisotopic (exact) mass is 487 g/mol. The molecule has 0 spiro atoms. The number of carbonyl (C=O) groups is 1. The van der Waals surface area contributed by atoms with Crippen LogP contribution in [0.25, 0.3) is 10.9 Å². The summed E-state index contributed by atoms with van der Waals surface area (Å²) in [7, 11) is -4.08. The van der Waals surface area contributed by atoms with Crippen LogP contribution in [0.15, 0.2) is 65.8 Å². The Kier molecular flexibility index (Phi) is 5.41. The van der Waals surface area contributed by atoms with Gasteiger partial charge in [-0.3, -0.25) is 4.79 Å². The third-order valence-corrected chi connectivity index (χ3v) is 7.38. The largest absolute Gasteiger partial charge is 0.395 e. The van der Waals surface area contributed by atoms with Crippen LogP contribution in [0.1, 0.15) is 29.3 Å². The molecule has 2 aromatic carbocycles. The van der Waals surface area contributed by atoms with E-state index in [9.17, 15) is 27.1 Å². The smallest absolute Gasteiger partial charge is 0.333 e. The predicted molar refractivity (Wildman–Crippen MR) is 116 cm³/mol. The van der Waals surface area contributed by atoms with Gasteiger partial charge in [-0.2, -0.15) is 31.5 Å². The van der Waals surface area contributed by atoms with Crippen LogP contribution in [0.3, 0.4) is 0 Å². The van der Waals surface area contributed by atoms with E-state index >= 15 is 0 Å². The minimum absolute atomic E-state index is 0.111. The fourth-order valence-corrected chi connectivity index (χ4v) is 5.30. The molecule has 34 heavy (non-hydrogen) atoms. The van der Waals surface area contributed by atoms with Crippen molar-refractivity contribution in [1.82, 2.24) is 23.9 Å². The molecule has 0 fully saturated rings. The van der Waals surface area contributed by atoms with Gasteiger partial charge in [-0.1, -0.05) is 30.3 Å². The SMILES string of the molecule is O=C(C(CO)c1ccccc1)N1Cc2cn(S(=O)(=O)c3ccc4c(cnn4C(F)F)c3)nc2C1. The molecular formula is C22H19F2N5O4S. The van der Waals surface area contributed by atoms with E-state index in [4.69, 9.17) is 0 Å². The first-order valence-corrected chi connectivity index (χ1v) is 11.8. The number of aliphatic hydroxyl groups excluding tert-OH is 1. The maximum atomic E-state index is 13.1. The molecule has 0 saturated carbocycles. The van der Waals surface area contributed by atoms with Gasteiger partial charge < -0.3 is 10.0 Å². The first-order valence-electron chi connectivity index (χ1n) is 10.3. The third-order valence-electron chi connectivity index (χ3n) is 5.85. The fraction of sp³-hybridized carbons (Fsp3) is 0.227. The Morgan fingerprint density at radius 2 is 1.88 bits per heavy atom. The van der Waals surface area contributed by atoms with Gasteiger partial charge >= 0.3 is 6.55 Å². The summed E-state index contributed by atoms with van der Waals surface area (Å²) in [6, 6.07) is 12.7. The summed E-state index contributed by atoms with van der Waals surface area (Å²) >= 11 is 0. The number of benzene rings is 2. The summed E-state index contributed by atoms with van der Waals surface area (Å²) in [5.74, 6) is -0.996. The standard InChI is InChI=1S/C22H19F2N5O4S/c23-22(24)29-20-7-6-17(8-15(20)9-25-29)34(32,33)28-11-16-10-27(12-19(16)26-28)21(31)18(13-30)14-4-2-1-3-5-14/h1-9,11,18,22,30H,10,12-13H2. The van der Waals surface area contributed by atoms with E-state index < -0.39 is 22.5 Å². The van der Waals surface area contributed by atoms with Crippen molar-refractivity contribution in [1.29, 1.82) is 0 Å². The van der Waals surface area contributed by atoms with Crippen molar-refractivity contribution in [2.45, 2.75) is 30.5 Å². The van der Waals surface area contributed by atoms with Gasteiger partial charge in [0.05, 0.1) is 41.4 Å². The van der Waals surface area contributed by atoms with Gasteiger partial charge in [0.1, 0.15) is 0 Å². The molecule has 0 aliphatic carbocycles. The van der Waals surface area contributed by atoms with E-state index in [0.717, 1.165) is 4.09 Å². The Morgan fingerprint density at radius 3 is 2.56 bits per heavy atom. The minimum atomic E-state index is -4.08.